The molecule has 8 heteroatoms. The van der Waals surface area contributed by atoms with Crippen LogP contribution in [0.4, 0.5) is 11.5 Å². The van der Waals surface area contributed by atoms with Gasteiger partial charge in [-0.25, -0.2) is 4.98 Å². The van der Waals surface area contributed by atoms with Crippen LogP contribution in [0.5, 0.6) is 0 Å². The lowest BCUT2D eigenvalue weighted by molar-refractivity contribution is -0.136. The van der Waals surface area contributed by atoms with Crippen molar-refractivity contribution >= 4 is 23.3 Å². The number of nitrogens with zero attached hydrogens (tertiary/aromatic N) is 4. The Hall–Kier alpha value is -3.00. The van der Waals surface area contributed by atoms with E-state index in [0.29, 0.717) is 45.1 Å². The molecule has 32 heavy (non-hydrogen) atoms. The first-order valence-electron chi connectivity index (χ1n) is 11.3. The smallest absolute Gasteiger partial charge is 0.227 e. The number of hydrogen-bond donors (Lipinski definition) is 1. The van der Waals surface area contributed by atoms with E-state index in [1.54, 1.807) is 18.2 Å². The minimum absolute atomic E-state index is 0.0814. The maximum atomic E-state index is 13.0. The van der Waals surface area contributed by atoms with E-state index in [9.17, 15) is 9.59 Å². The molecule has 170 valence electrons. The Bertz CT molecular complexity index is 898. The lowest BCUT2D eigenvalue weighted by Gasteiger charge is -2.33. The first kappa shape index (κ1) is 22.2. The highest BCUT2D eigenvalue weighted by atomic mass is 16.5. The Morgan fingerprint density at radius 3 is 2.72 bits per heavy atom. The van der Waals surface area contributed by atoms with E-state index in [4.69, 9.17) is 4.74 Å². The molecule has 4 heterocycles. The van der Waals surface area contributed by atoms with E-state index in [2.05, 4.69) is 21.4 Å². The van der Waals surface area contributed by atoms with Crippen molar-refractivity contribution in [2.45, 2.75) is 31.6 Å². The quantitative estimate of drug-likeness (QED) is 0.639. The van der Waals surface area contributed by atoms with Gasteiger partial charge in [0.1, 0.15) is 5.82 Å². The maximum Gasteiger partial charge on any atom is 0.227 e. The van der Waals surface area contributed by atoms with E-state index in [1.807, 2.05) is 35.4 Å². The van der Waals surface area contributed by atoms with Crippen LogP contribution >= 0.6 is 0 Å². The van der Waals surface area contributed by atoms with Crippen LogP contribution in [0, 0.1) is 5.92 Å². The highest BCUT2D eigenvalue weighted by Crippen LogP contribution is 2.29. The van der Waals surface area contributed by atoms with Crippen molar-refractivity contribution in [1.29, 1.82) is 0 Å². The number of carbonyl (C=O) groups is 2. The SMILES string of the molecule is COCCCN1CC(C(=O)N2CCC(c3ccc(Nc4ccccn4)cn3)CC2)CC1=O. The number of nitrogens with one attached hydrogen (secondary N) is 1. The van der Waals surface area contributed by atoms with Crippen molar-refractivity contribution in [2.24, 2.45) is 5.92 Å². The molecule has 2 aliphatic heterocycles. The largest absolute Gasteiger partial charge is 0.385 e. The van der Waals surface area contributed by atoms with Crippen LogP contribution in [0.3, 0.4) is 0 Å². The van der Waals surface area contributed by atoms with Crippen LogP contribution in [0.1, 0.15) is 37.3 Å². The van der Waals surface area contributed by atoms with Crippen LogP contribution in [0.15, 0.2) is 42.7 Å². The van der Waals surface area contributed by atoms with Crippen LogP contribution in [0.2, 0.25) is 0 Å². The second-order valence-corrected chi connectivity index (χ2v) is 8.50. The summed E-state index contributed by atoms with van der Waals surface area (Å²) >= 11 is 0. The number of piperidine rings is 1. The molecule has 2 amide bonds. The van der Waals surface area contributed by atoms with Gasteiger partial charge in [-0.15, -0.1) is 0 Å². The summed E-state index contributed by atoms with van der Waals surface area (Å²) in [6.45, 7) is 3.26. The summed E-state index contributed by atoms with van der Waals surface area (Å²) < 4.78 is 5.06. The van der Waals surface area contributed by atoms with Crippen molar-refractivity contribution in [3.8, 4) is 0 Å². The van der Waals surface area contributed by atoms with Crippen molar-refractivity contribution < 1.29 is 14.3 Å². The Morgan fingerprint density at radius 2 is 2.03 bits per heavy atom. The molecule has 0 spiro atoms. The van der Waals surface area contributed by atoms with Gasteiger partial charge in [0.2, 0.25) is 11.8 Å². The summed E-state index contributed by atoms with van der Waals surface area (Å²) in [5.41, 5.74) is 1.96. The summed E-state index contributed by atoms with van der Waals surface area (Å²) in [4.78, 5) is 37.9. The summed E-state index contributed by atoms with van der Waals surface area (Å²) in [5, 5.41) is 3.25. The molecule has 0 saturated carbocycles. The molecule has 4 rings (SSSR count). The minimum Gasteiger partial charge on any atom is -0.385 e. The summed E-state index contributed by atoms with van der Waals surface area (Å²) in [6, 6.07) is 9.81. The van der Waals surface area contributed by atoms with Gasteiger partial charge in [0.15, 0.2) is 0 Å². The lowest BCUT2D eigenvalue weighted by Crippen LogP contribution is -2.42. The molecule has 1 atom stereocenters. The van der Waals surface area contributed by atoms with E-state index in [1.165, 1.54) is 0 Å². The Kier molecular flexibility index (Phi) is 7.32. The molecule has 0 bridgehead atoms. The molecule has 2 fully saturated rings. The Labute approximate surface area is 189 Å². The average Bonchev–Trinajstić information content (AvgIpc) is 3.20. The molecular weight excluding hydrogens is 406 g/mol. The molecule has 2 aliphatic rings. The van der Waals surface area contributed by atoms with Gasteiger partial charge in [-0.1, -0.05) is 6.07 Å². The number of pyridine rings is 2. The molecule has 0 aliphatic carbocycles. The number of aromatic nitrogens is 2. The molecule has 2 aromatic heterocycles. The third-order valence-corrected chi connectivity index (χ3v) is 6.29. The summed E-state index contributed by atoms with van der Waals surface area (Å²) in [6.07, 6.45) is 6.51. The number of hydrogen-bond acceptors (Lipinski definition) is 6. The number of methoxy groups -OCH3 is 1. The molecule has 2 aromatic rings. The van der Waals surface area contributed by atoms with Gasteiger partial charge in [-0.3, -0.25) is 14.6 Å². The molecule has 2 saturated heterocycles. The lowest BCUT2D eigenvalue weighted by atomic mass is 9.92. The van der Waals surface area contributed by atoms with Gasteiger partial charge in [0.05, 0.1) is 17.8 Å². The van der Waals surface area contributed by atoms with Crippen LogP contribution in [-0.4, -0.2) is 71.5 Å². The number of carbonyl (C=O) groups excluding carboxylic acids is 2. The van der Waals surface area contributed by atoms with Crippen molar-refractivity contribution in [3.63, 3.8) is 0 Å². The minimum atomic E-state index is -0.211. The average molecular weight is 438 g/mol. The van der Waals surface area contributed by atoms with E-state index in [0.717, 1.165) is 36.5 Å². The molecule has 1 N–H and O–H groups in total. The predicted octanol–water partition coefficient (Wildman–Crippen LogP) is 2.81. The molecule has 8 nitrogen and oxygen atoms in total. The second kappa shape index (κ2) is 10.5. The van der Waals surface area contributed by atoms with Gasteiger partial charge in [-0.05, 0) is 43.5 Å². The molecule has 0 aromatic carbocycles. The van der Waals surface area contributed by atoms with Gasteiger partial charge in [-0.2, -0.15) is 0 Å². The number of ether oxygens (including phenoxy) is 1. The third kappa shape index (κ3) is 5.43. The van der Waals surface area contributed by atoms with Crippen LogP contribution in [-0.2, 0) is 14.3 Å². The van der Waals surface area contributed by atoms with E-state index in [-0.39, 0.29) is 17.7 Å². The monoisotopic (exact) mass is 437 g/mol. The fraction of sp³-hybridized carbons (Fsp3) is 0.500. The maximum absolute atomic E-state index is 13.0. The number of amides is 2. The third-order valence-electron chi connectivity index (χ3n) is 6.29. The number of likely N-dealkylation sites (tertiary alicyclic amines) is 2. The normalized spacial score (nSPS) is 19.4. The fourth-order valence-electron chi connectivity index (χ4n) is 4.51. The fourth-order valence-corrected chi connectivity index (χ4v) is 4.51. The van der Waals surface area contributed by atoms with Crippen molar-refractivity contribution in [2.75, 3.05) is 45.2 Å². The highest BCUT2D eigenvalue weighted by Gasteiger charge is 2.37. The van der Waals surface area contributed by atoms with Gasteiger partial charge in [0, 0.05) is 64.1 Å². The van der Waals surface area contributed by atoms with Crippen LogP contribution in [0.25, 0.3) is 0 Å². The first-order chi connectivity index (χ1) is 15.6. The predicted molar refractivity (Wildman–Crippen MR) is 121 cm³/mol. The molecule has 1 unspecified atom stereocenters. The van der Waals surface area contributed by atoms with Gasteiger partial charge < -0.3 is 19.9 Å². The van der Waals surface area contributed by atoms with Crippen molar-refractivity contribution in [3.05, 3.63) is 48.4 Å². The van der Waals surface area contributed by atoms with E-state index < -0.39 is 0 Å². The Morgan fingerprint density at radius 1 is 1.19 bits per heavy atom. The van der Waals surface area contributed by atoms with E-state index >= 15 is 0 Å². The number of rotatable bonds is 8. The highest BCUT2D eigenvalue weighted by molar-refractivity contribution is 5.89. The summed E-state index contributed by atoms with van der Waals surface area (Å²) in [5.74, 6) is 1.12. The van der Waals surface area contributed by atoms with Crippen molar-refractivity contribution in [1.82, 2.24) is 19.8 Å². The summed E-state index contributed by atoms with van der Waals surface area (Å²) in [7, 11) is 1.66. The van der Waals surface area contributed by atoms with Crippen LogP contribution < -0.4 is 5.32 Å². The number of anilines is 2. The zero-order chi connectivity index (χ0) is 22.3. The first-order valence-corrected chi connectivity index (χ1v) is 11.3. The second-order valence-electron chi connectivity index (χ2n) is 8.50. The van der Waals surface area contributed by atoms with Gasteiger partial charge in [0.25, 0.3) is 0 Å². The standard InChI is InChI=1S/C24H31N5O3/c1-32-14-4-11-29-17-19(15-23(29)30)24(31)28-12-8-18(9-13-28)21-7-6-20(16-26-21)27-22-5-2-3-10-25-22/h2-3,5-7,10,16,18-19H,4,8-9,11-15,17H2,1H3,(H,25,27). The Balaban J connectivity index is 1.26. The molecule has 0 radical (unpaired) electrons. The van der Waals surface area contributed by atoms with Gasteiger partial charge >= 0.3 is 0 Å². The zero-order valence-corrected chi connectivity index (χ0v) is 18.6. The molecular formula is C24H31N5O3. The zero-order valence-electron chi connectivity index (χ0n) is 18.6. The topological polar surface area (TPSA) is 87.7 Å².